The Hall–Kier alpha value is -2.30. The van der Waals surface area contributed by atoms with Crippen LogP contribution >= 0.6 is 0 Å². The van der Waals surface area contributed by atoms with Crippen LogP contribution in [0.3, 0.4) is 0 Å². The minimum absolute atomic E-state index is 0.190. The monoisotopic (exact) mass is 262 g/mol. The summed E-state index contributed by atoms with van der Waals surface area (Å²) in [6.07, 6.45) is 1.62. The maximum absolute atomic E-state index is 12.0. The average Bonchev–Trinajstić information content (AvgIpc) is 2.45. The van der Waals surface area contributed by atoms with Crippen LogP contribution in [-0.2, 0) is 4.74 Å². The van der Waals surface area contributed by atoms with Crippen molar-refractivity contribution in [2.45, 2.75) is 6.92 Å². The van der Waals surface area contributed by atoms with Gasteiger partial charge in [-0.25, -0.2) is 4.99 Å². The SMILES string of the molecule is C=CCN=C(NC(=O)c1cccc(OC)c1)OCC. The van der Waals surface area contributed by atoms with Gasteiger partial charge >= 0.3 is 0 Å². The summed E-state index contributed by atoms with van der Waals surface area (Å²) in [5, 5.41) is 2.61. The first-order chi connectivity index (χ1) is 9.21. The number of rotatable bonds is 5. The molecule has 1 aromatic rings. The number of benzene rings is 1. The van der Waals surface area contributed by atoms with Gasteiger partial charge in [-0.3, -0.25) is 10.1 Å². The number of ether oxygens (including phenoxy) is 2. The summed E-state index contributed by atoms with van der Waals surface area (Å²) in [7, 11) is 1.55. The van der Waals surface area contributed by atoms with Gasteiger partial charge in [0.2, 0.25) is 0 Å². The van der Waals surface area contributed by atoms with Gasteiger partial charge in [-0.2, -0.15) is 0 Å². The molecule has 0 bridgehead atoms. The lowest BCUT2D eigenvalue weighted by Gasteiger charge is -2.09. The number of carbonyl (C=O) groups is 1. The average molecular weight is 262 g/mol. The Bertz CT molecular complexity index is 470. The van der Waals surface area contributed by atoms with Crippen LogP contribution in [0.5, 0.6) is 5.75 Å². The second kappa shape index (κ2) is 7.92. The smallest absolute Gasteiger partial charge is 0.291 e. The van der Waals surface area contributed by atoms with E-state index >= 15 is 0 Å². The zero-order valence-corrected chi connectivity index (χ0v) is 11.2. The second-order valence-electron chi connectivity index (χ2n) is 3.55. The molecule has 0 fully saturated rings. The van der Waals surface area contributed by atoms with Crippen molar-refractivity contribution >= 4 is 11.9 Å². The minimum Gasteiger partial charge on any atom is -0.497 e. The molecule has 0 aromatic heterocycles. The van der Waals surface area contributed by atoms with E-state index in [-0.39, 0.29) is 11.9 Å². The summed E-state index contributed by atoms with van der Waals surface area (Å²) in [5.41, 5.74) is 0.477. The van der Waals surface area contributed by atoms with Crippen molar-refractivity contribution in [1.29, 1.82) is 0 Å². The normalized spacial score (nSPS) is 10.7. The topological polar surface area (TPSA) is 59.9 Å². The minimum atomic E-state index is -0.296. The first-order valence-corrected chi connectivity index (χ1v) is 5.94. The van der Waals surface area contributed by atoms with Crippen molar-refractivity contribution in [2.75, 3.05) is 20.3 Å². The van der Waals surface area contributed by atoms with Crippen molar-refractivity contribution in [3.63, 3.8) is 0 Å². The molecular weight excluding hydrogens is 244 g/mol. The highest BCUT2D eigenvalue weighted by Crippen LogP contribution is 2.12. The molecule has 5 nitrogen and oxygen atoms in total. The summed E-state index contributed by atoms with van der Waals surface area (Å²) in [4.78, 5) is 16.1. The molecule has 1 N–H and O–H groups in total. The van der Waals surface area contributed by atoms with Crippen LogP contribution in [0, 0.1) is 0 Å². The zero-order valence-electron chi connectivity index (χ0n) is 11.2. The van der Waals surface area contributed by atoms with Gasteiger partial charge in [0.1, 0.15) is 5.75 Å². The standard InChI is InChI=1S/C14H18N2O3/c1-4-9-15-14(19-5-2)16-13(17)11-7-6-8-12(10-11)18-3/h4,6-8,10H,1,5,9H2,2-3H3,(H,15,16,17). The summed E-state index contributed by atoms with van der Waals surface area (Å²) in [6.45, 7) is 6.19. The Morgan fingerprint density at radius 2 is 2.32 bits per heavy atom. The summed E-state index contributed by atoms with van der Waals surface area (Å²) < 4.78 is 10.3. The van der Waals surface area contributed by atoms with Crippen LogP contribution < -0.4 is 10.1 Å². The number of methoxy groups -OCH3 is 1. The molecule has 102 valence electrons. The lowest BCUT2D eigenvalue weighted by molar-refractivity contribution is 0.0966. The first-order valence-electron chi connectivity index (χ1n) is 5.94. The first kappa shape index (κ1) is 14.8. The summed E-state index contributed by atoms with van der Waals surface area (Å²) in [6, 6.07) is 7.04. The summed E-state index contributed by atoms with van der Waals surface area (Å²) in [5.74, 6) is 0.323. The van der Waals surface area contributed by atoms with E-state index in [1.807, 2.05) is 6.92 Å². The third-order valence-corrected chi connectivity index (χ3v) is 2.20. The molecule has 0 atom stereocenters. The Labute approximate surface area is 112 Å². The molecule has 1 amide bonds. The lowest BCUT2D eigenvalue weighted by atomic mass is 10.2. The van der Waals surface area contributed by atoms with Crippen LogP contribution in [0.1, 0.15) is 17.3 Å². The highest BCUT2D eigenvalue weighted by molar-refractivity contribution is 6.04. The van der Waals surface area contributed by atoms with E-state index in [1.54, 1.807) is 37.5 Å². The Morgan fingerprint density at radius 1 is 1.53 bits per heavy atom. The van der Waals surface area contributed by atoms with E-state index in [2.05, 4.69) is 16.9 Å². The van der Waals surface area contributed by atoms with Crippen molar-refractivity contribution in [1.82, 2.24) is 5.32 Å². The van der Waals surface area contributed by atoms with E-state index in [1.165, 1.54) is 0 Å². The Balaban J connectivity index is 2.77. The molecule has 0 spiro atoms. The van der Waals surface area contributed by atoms with Gasteiger partial charge in [0.25, 0.3) is 11.9 Å². The Kier molecular flexibility index (Phi) is 6.15. The number of hydrogen-bond donors (Lipinski definition) is 1. The molecule has 0 heterocycles. The molecule has 0 aliphatic heterocycles. The summed E-state index contributed by atoms with van der Waals surface area (Å²) >= 11 is 0. The van der Waals surface area contributed by atoms with Crippen molar-refractivity contribution < 1.29 is 14.3 Å². The maximum atomic E-state index is 12.0. The van der Waals surface area contributed by atoms with Gasteiger partial charge in [-0.05, 0) is 25.1 Å². The van der Waals surface area contributed by atoms with E-state index in [4.69, 9.17) is 9.47 Å². The fourth-order valence-electron chi connectivity index (χ4n) is 1.34. The predicted molar refractivity (Wildman–Crippen MR) is 74.6 cm³/mol. The molecule has 0 unspecified atom stereocenters. The number of nitrogens with one attached hydrogen (secondary N) is 1. The quantitative estimate of drug-likeness (QED) is 0.501. The molecule has 1 aromatic carbocycles. The Morgan fingerprint density at radius 3 is 2.95 bits per heavy atom. The highest BCUT2D eigenvalue weighted by Gasteiger charge is 2.10. The van der Waals surface area contributed by atoms with Crippen molar-refractivity contribution in [3.8, 4) is 5.75 Å². The van der Waals surface area contributed by atoms with Gasteiger partial charge in [-0.15, -0.1) is 6.58 Å². The fourth-order valence-corrected chi connectivity index (χ4v) is 1.34. The number of amides is 1. The van der Waals surface area contributed by atoms with Crippen molar-refractivity contribution in [2.24, 2.45) is 4.99 Å². The predicted octanol–water partition coefficient (Wildman–Crippen LogP) is 2.00. The van der Waals surface area contributed by atoms with Crippen molar-refractivity contribution in [3.05, 3.63) is 42.5 Å². The zero-order chi connectivity index (χ0) is 14.1. The van der Waals surface area contributed by atoms with Crippen LogP contribution in [0.25, 0.3) is 0 Å². The van der Waals surface area contributed by atoms with Gasteiger partial charge in [-0.1, -0.05) is 12.1 Å². The molecule has 0 aliphatic rings. The lowest BCUT2D eigenvalue weighted by Crippen LogP contribution is -2.32. The highest BCUT2D eigenvalue weighted by atomic mass is 16.5. The third kappa shape index (κ3) is 4.83. The molecule has 0 saturated heterocycles. The molecule has 5 heteroatoms. The van der Waals surface area contributed by atoms with E-state index in [0.717, 1.165) is 0 Å². The second-order valence-corrected chi connectivity index (χ2v) is 3.55. The number of hydrogen-bond acceptors (Lipinski definition) is 4. The number of aliphatic imine (C=N–C) groups is 1. The van der Waals surface area contributed by atoms with Crippen LogP contribution in [-0.4, -0.2) is 32.2 Å². The maximum Gasteiger partial charge on any atom is 0.291 e. The van der Waals surface area contributed by atoms with Gasteiger partial charge in [0.05, 0.1) is 20.3 Å². The molecule has 0 saturated carbocycles. The van der Waals surface area contributed by atoms with Crippen LogP contribution in [0.2, 0.25) is 0 Å². The number of nitrogens with zero attached hydrogens (tertiary/aromatic N) is 1. The molecule has 19 heavy (non-hydrogen) atoms. The van der Waals surface area contributed by atoms with Gasteiger partial charge < -0.3 is 9.47 Å². The van der Waals surface area contributed by atoms with E-state index in [9.17, 15) is 4.79 Å². The largest absolute Gasteiger partial charge is 0.497 e. The van der Waals surface area contributed by atoms with Crippen LogP contribution in [0.4, 0.5) is 0 Å². The molecule has 0 aliphatic carbocycles. The molecule has 0 radical (unpaired) electrons. The molecule has 1 rings (SSSR count). The fraction of sp³-hybridized carbons (Fsp3) is 0.286. The van der Waals surface area contributed by atoms with Gasteiger partial charge in [0.15, 0.2) is 0 Å². The molecular formula is C14H18N2O3. The number of carbonyl (C=O) groups excluding carboxylic acids is 1. The number of amidine groups is 1. The van der Waals surface area contributed by atoms with Gasteiger partial charge in [0, 0.05) is 5.56 Å². The third-order valence-electron chi connectivity index (χ3n) is 2.20. The van der Waals surface area contributed by atoms with E-state index < -0.39 is 0 Å². The van der Waals surface area contributed by atoms with E-state index in [0.29, 0.717) is 24.5 Å². The van der Waals surface area contributed by atoms with Crippen LogP contribution in [0.15, 0.2) is 41.9 Å².